The lowest BCUT2D eigenvalue weighted by molar-refractivity contribution is -0.131. The first-order chi connectivity index (χ1) is 12.0. The van der Waals surface area contributed by atoms with Gasteiger partial charge >= 0.3 is 0 Å². The van der Waals surface area contributed by atoms with Crippen molar-refractivity contribution in [2.45, 2.75) is 38.5 Å². The van der Waals surface area contributed by atoms with Crippen molar-refractivity contribution in [3.8, 4) is 10.4 Å². The summed E-state index contributed by atoms with van der Waals surface area (Å²) in [4.78, 5) is 30.2. The van der Waals surface area contributed by atoms with Gasteiger partial charge in [-0.15, -0.1) is 11.3 Å². The lowest BCUT2D eigenvalue weighted by atomic mass is 10.0. The van der Waals surface area contributed by atoms with Gasteiger partial charge in [-0.1, -0.05) is 24.3 Å². The van der Waals surface area contributed by atoms with E-state index >= 15 is 0 Å². The lowest BCUT2D eigenvalue weighted by Gasteiger charge is -2.22. The number of amides is 2. The molecule has 2 N–H and O–H groups in total. The molecule has 1 aromatic carbocycles. The molecule has 2 heterocycles. The first kappa shape index (κ1) is 17.6. The van der Waals surface area contributed by atoms with Crippen molar-refractivity contribution < 1.29 is 14.7 Å². The Morgan fingerprint density at radius 3 is 2.76 bits per heavy atom. The number of aliphatic hydroxyl groups is 1. The minimum atomic E-state index is -0.641. The molecule has 1 aromatic heterocycles. The molecule has 3 atom stereocenters. The number of nitrogens with zero attached hydrogens (tertiary/aromatic N) is 2. The van der Waals surface area contributed by atoms with E-state index in [0.717, 1.165) is 21.7 Å². The zero-order valence-corrected chi connectivity index (χ0v) is 15.0. The first-order valence-corrected chi connectivity index (χ1v) is 9.07. The number of carbonyl (C=O) groups is 2. The summed E-state index contributed by atoms with van der Waals surface area (Å²) >= 11 is 1.60. The van der Waals surface area contributed by atoms with Crippen molar-refractivity contribution in [2.75, 3.05) is 6.54 Å². The molecule has 1 aliphatic rings. The Balaban J connectivity index is 1.67. The number of carbonyl (C=O) groups excluding carboxylic acids is 2. The first-order valence-electron chi connectivity index (χ1n) is 8.19. The smallest absolute Gasteiger partial charge is 0.243 e. The Morgan fingerprint density at radius 2 is 2.16 bits per heavy atom. The molecular weight excluding hydrogens is 338 g/mol. The average molecular weight is 359 g/mol. The Labute approximate surface area is 150 Å². The predicted molar refractivity (Wildman–Crippen MR) is 96.0 cm³/mol. The number of aromatic nitrogens is 1. The fraction of sp³-hybridized carbons (Fsp3) is 0.389. The number of likely N-dealkylation sites (tertiary alicyclic amines) is 1. The second kappa shape index (κ2) is 7.33. The number of hydrogen-bond donors (Lipinski definition) is 2. The van der Waals surface area contributed by atoms with Crippen molar-refractivity contribution in [3.63, 3.8) is 0 Å². The molecular formula is C18H21N3O3S. The van der Waals surface area contributed by atoms with Crippen LogP contribution in [0, 0.1) is 6.92 Å². The largest absolute Gasteiger partial charge is 0.391 e. The highest BCUT2D eigenvalue weighted by molar-refractivity contribution is 7.13. The number of nitrogens with one attached hydrogen (secondary N) is 1. The fourth-order valence-corrected chi connectivity index (χ4v) is 3.92. The van der Waals surface area contributed by atoms with Crippen molar-refractivity contribution >= 4 is 23.7 Å². The molecule has 2 aromatic rings. The molecule has 0 aliphatic carbocycles. The van der Waals surface area contributed by atoms with E-state index in [9.17, 15) is 14.7 Å². The number of hydrogen-bond acceptors (Lipinski definition) is 5. The molecule has 1 unspecified atom stereocenters. The van der Waals surface area contributed by atoms with E-state index in [2.05, 4.69) is 10.3 Å². The summed E-state index contributed by atoms with van der Waals surface area (Å²) in [6.07, 6.45) is 0.260. The van der Waals surface area contributed by atoms with Crippen molar-refractivity contribution in [3.05, 3.63) is 41.0 Å². The van der Waals surface area contributed by atoms with Gasteiger partial charge in [0.1, 0.15) is 6.04 Å². The zero-order valence-electron chi connectivity index (χ0n) is 14.2. The third-order valence-electron chi connectivity index (χ3n) is 4.53. The fourth-order valence-electron chi connectivity index (χ4n) is 3.11. The van der Waals surface area contributed by atoms with E-state index in [1.165, 1.54) is 4.90 Å². The summed E-state index contributed by atoms with van der Waals surface area (Å²) in [5.74, 6) is -0.237. The van der Waals surface area contributed by atoms with Gasteiger partial charge in [-0.2, -0.15) is 0 Å². The number of benzene rings is 1. The third kappa shape index (κ3) is 3.72. The number of rotatable bonds is 5. The molecule has 6 nitrogen and oxygen atoms in total. The maximum atomic E-state index is 12.4. The van der Waals surface area contributed by atoms with Gasteiger partial charge in [0, 0.05) is 13.0 Å². The van der Waals surface area contributed by atoms with Gasteiger partial charge in [0.15, 0.2) is 0 Å². The third-order valence-corrected chi connectivity index (χ3v) is 5.51. The van der Waals surface area contributed by atoms with Gasteiger partial charge in [0.05, 0.1) is 28.2 Å². The van der Waals surface area contributed by atoms with E-state index in [-0.39, 0.29) is 24.9 Å². The van der Waals surface area contributed by atoms with Crippen molar-refractivity contribution in [2.24, 2.45) is 0 Å². The number of β-amino-alcohol motifs (C(OH)–C–C–N with tert-alkyl or cyclic N) is 1. The quantitative estimate of drug-likeness (QED) is 0.799. The van der Waals surface area contributed by atoms with E-state index in [1.54, 1.807) is 11.3 Å². The summed E-state index contributed by atoms with van der Waals surface area (Å²) in [6, 6.07) is 7.23. The van der Waals surface area contributed by atoms with Crippen LogP contribution in [-0.4, -0.2) is 46.0 Å². The van der Waals surface area contributed by atoms with Gasteiger partial charge in [0.2, 0.25) is 12.3 Å². The maximum Gasteiger partial charge on any atom is 0.243 e. The number of aryl methyl sites for hydroxylation is 1. The van der Waals surface area contributed by atoms with Crippen LogP contribution in [0.25, 0.3) is 10.4 Å². The van der Waals surface area contributed by atoms with Crippen LogP contribution in [0.3, 0.4) is 0 Å². The molecule has 132 valence electrons. The van der Waals surface area contributed by atoms with Crippen molar-refractivity contribution in [1.29, 1.82) is 0 Å². The molecule has 0 saturated carbocycles. The van der Waals surface area contributed by atoms with Crippen molar-refractivity contribution in [1.82, 2.24) is 15.2 Å². The molecule has 1 aliphatic heterocycles. The average Bonchev–Trinajstić information content (AvgIpc) is 3.20. The van der Waals surface area contributed by atoms with Gasteiger partial charge in [-0.25, -0.2) is 4.98 Å². The van der Waals surface area contributed by atoms with Gasteiger partial charge in [0.25, 0.3) is 0 Å². The van der Waals surface area contributed by atoms with Crippen LogP contribution in [0.15, 0.2) is 29.8 Å². The zero-order chi connectivity index (χ0) is 18.0. The molecule has 0 bridgehead atoms. The monoisotopic (exact) mass is 359 g/mol. The minimum absolute atomic E-state index is 0.185. The number of aliphatic hydroxyl groups excluding tert-OH is 1. The van der Waals surface area contributed by atoms with Gasteiger partial charge in [-0.05, 0) is 25.0 Å². The maximum absolute atomic E-state index is 12.4. The summed E-state index contributed by atoms with van der Waals surface area (Å²) in [5.41, 5.74) is 4.92. The Hall–Kier alpha value is -2.25. The van der Waals surface area contributed by atoms with Crippen LogP contribution < -0.4 is 5.32 Å². The van der Waals surface area contributed by atoms with Crippen LogP contribution in [0.1, 0.15) is 30.6 Å². The lowest BCUT2D eigenvalue weighted by Crippen LogP contribution is -2.43. The number of thiazole rings is 1. The summed E-state index contributed by atoms with van der Waals surface area (Å²) < 4.78 is 0. The molecule has 7 heteroatoms. The van der Waals surface area contributed by atoms with Crippen LogP contribution in [0.4, 0.5) is 0 Å². The van der Waals surface area contributed by atoms with E-state index in [4.69, 9.17) is 0 Å². The van der Waals surface area contributed by atoms with Crippen LogP contribution in [0.2, 0.25) is 0 Å². The van der Waals surface area contributed by atoms with E-state index in [1.807, 2.05) is 43.6 Å². The molecule has 25 heavy (non-hydrogen) atoms. The highest BCUT2D eigenvalue weighted by atomic mass is 32.1. The second-order valence-corrected chi connectivity index (χ2v) is 7.18. The highest BCUT2D eigenvalue weighted by Gasteiger charge is 2.35. The Bertz CT molecular complexity index is 759. The SMILES string of the molecule is Cc1ncsc1-c1ccc([C@H](C)NC(=O)C2C[C@@H](O)CN2C=O)cc1. The summed E-state index contributed by atoms with van der Waals surface area (Å²) in [6.45, 7) is 4.09. The standard InChI is InChI=1S/C18H21N3O3S/c1-11(20-18(24)16-7-15(23)8-21(16)10-22)13-3-5-14(6-4-13)17-12(2)19-9-25-17/h3-6,9-11,15-16,23H,7-8H2,1-2H3,(H,20,24)/t11-,15+,16?/m0/s1. The minimum Gasteiger partial charge on any atom is -0.391 e. The van der Waals surface area contributed by atoms with E-state index in [0.29, 0.717) is 6.41 Å². The Morgan fingerprint density at radius 1 is 1.44 bits per heavy atom. The predicted octanol–water partition coefficient (Wildman–Crippen LogP) is 1.89. The Kier molecular flexibility index (Phi) is 5.15. The van der Waals surface area contributed by atoms with Gasteiger partial charge < -0.3 is 15.3 Å². The molecule has 1 fully saturated rings. The van der Waals surface area contributed by atoms with Crippen LogP contribution in [0.5, 0.6) is 0 Å². The summed E-state index contributed by atoms with van der Waals surface area (Å²) in [5, 5.41) is 12.6. The molecule has 0 radical (unpaired) electrons. The molecule has 1 saturated heterocycles. The molecule has 2 amide bonds. The second-order valence-electron chi connectivity index (χ2n) is 6.33. The van der Waals surface area contributed by atoms with Gasteiger partial charge in [-0.3, -0.25) is 9.59 Å². The molecule has 0 spiro atoms. The highest BCUT2D eigenvalue weighted by Crippen LogP contribution is 2.28. The summed E-state index contributed by atoms with van der Waals surface area (Å²) in [7, 11) is 0. The van der Waals surface area contributed by atoms with Crippen LogP contribution in [-0.2, 0) is 9.59 Å². The van der Waals surface area contributed by atoms with Crippen LogP contribution >= 0.6 is 11.3 Å². The van der Waals surface area contributed by atoms with E-state index < -0.39 is 12.1 Å². The molecule has 3 rings (SSSR count). The normalized spacial score (nSPS) is 21.2. The topological polar surface area (TPSA) is 82.5 Å².